The molecule has 0 fully saturated rings. The molecular formula is C9H15N3O2. The minimum Gasteiger partial charge on any atom is -0.351 e. The zero-order chi connectivity index (χ0) is 11.0. The third kappa shape index (κ3) is 5.82. The monoisotopic (exact) mass is 197 g/mol. The maximum Gasteiger partial charge on any atom is 0.318 e. The molecule has 0 bridgehead atoms. The van der Waals surface area contributed by atoms with Crippen LogP contribution in [-0.4, -0.2) is 25.0 Å². The summed E-state index contributed by atoms with van der Waals surface area (Å²) in [6, 6.07) is -0.343. The summed E-state index contributed by atoms with van der Waals surface area (Å²) in [7, 11) is 0. The van der Waals surface area contributed by atoms with Gasteiger partial charge in [-0.3, -0.25) is 4.79 Å². The molecule has 0 unspecified atom stereocenters. The van der Waals surface area contributed by atoms with Crippen LogP contribution in [0.1, 0.15) is 6.92 Å². The van der Waals surface area contributed by atoms with Crippen molar-refractivity contribution in [3.63, 3.8) is 0 Å². The van der Waals surface area contributed by atoms with E-state index in [9.17, 15) is 9.59 Å². The first-order chi connectivity index (χ1) is 6.57. The molecule has 3 N–H and O–H groups in total. The van der Waals surface area contributed by atoms with Crippen molar-refractivity contribution in [1.82, 2.24) is 16.0 Å². The van der Waals surface area contributed by atoms with Crippen molar-refractivity contribution >= 4 is 11.9 Å². The predicted octanol–water partition coefficient (Wildman–Crippen LogP) is 0.121. The molecular weight excluding hydrogens is 182 g/mol. The average molecular weight is 197 g/mol. The highest BCUT2D eigenvalue weighted by molar-refractivity contribution is 5.92. The molecule has 14 heavy (non-hydrogen) atoms. The Morgan fingerprint density at radius 1 is 1.29 bits per heavy atom. The standard InChI is InChI=1S/C9H15N3O2/c1-4-10-9(14)12-6-5-11-8(13)7(2)3/h4H,1-2,5-6H2,3H3,(H,11,13)(H2,10,12,14). The largest absolute Gasteiger partial charge is 0.351 e. The van der Waals surface area contributed by atoms with Crippen LogP contribution < -0.4 is 16.0 Å². The summed E-state index contributed by atoms with van der Waals surface area (Å²) < 4.78 is 0. The molecule has 0 atom stereocenters. The fourth-order valence-electron chi connectivity index (χ4n) is 0.647. The molecule has 3 amide bonds. The van der Waals surface area contributed by atoms with Crippen molar-refractivity contribution in [2.75, 3.05) is 13.1 Å². The molecule has 0 aromatic heterocycles. The van der Waals surface area contributed by atoms with E-state index in [1.807, 2.05) is 0 Å². The van der Waals surface area contributed by atoms with Gasteiger partial charge in [0.2, 0.25) is 5.91 Å². The van der Waals surface area contributed by atoms with Crippen LogP contribution in [0.2, 0.25) is 0 Å². The second-order valence-electron chi connectivity index (χ2n) is 2.64. The third-order valence-corrected chi connectivity index (χ3v) is 1.32. The van der Waals surface area contributed by atoms with Crippen LogP contribution in [0.3, 0.4) is 0 Å². The highest BCUT2D eigenvalue weighted by atomic mass is 16.2. The van der Waals surface area contributed by atoms with E-state index in [1.165, 1.54) is 6.20 Å². The first-order valence-corrected chi connectivity index (χ1v) is 4.17. The van der Waals surface area contributed by atoms with Crippen LogP contribution in [0.5, 0.6) is 0 Å². The van der Waals surface area contributed by atoms with Crippen molar-refractivity contribution in [3.8, 4) is 0 Å². The summed E-state index contributed by atoms with van der Waals surface area (Å²) >= 11 is 0. The Hall–Kier alpha value is -1.78. The number of carbonyl (C=O) groups is 2. The van der Waals surface area contributed by atoms with Gasteiger partial charge in [-0.25, -0.2) is 4.79 Å². The maximum atomic E-state index is 11.0. The van der Waals surface area contributed by atoms with Crippen molar-refractivity contribution < 1.29 is 9.59 Å². The van der Waals surface area contributed by atoms with Gasteiger partial charge in [-0.15, -0.1) is 0 Å². The number of carbonyl (C=O) groups excluding carboxylic acids is 2. The Labute approximate surface area is 83.3 Å². The second kappa shape index (κ2) is 6.71. The molecule has 0 rings (SSSR count). The van der Waals surface area contributed by atoms with Crippen LogP contribution in [0.15, 0.2) is 24.9 Å². The Morgan fingerprint density at radius 3 is 2.36 bits per heavy atom. The van der Waals surface area contributed by atoms with E-state index in [1.54, 1.807) is 6.92 Å². The lowest BCUT2D eigenvalue weighted by Crippen LogP contribution is -2.38. The first-order valence-electron chi connectivity index (χ1n) is 4.17. The molecule has 0 aliphatic heterocycles. The lowest BCUT2D eigenvalue weighted by molar-refractivity contribution is -0.117. The summed E-state index contributed by atoms with van der Waals surface area (Å²) in [4.78, 5) is 21.8. The lowest BCUT2D eigenvalue weighted by Gasteiger charge is -2.05. The molecule has 0 radical (unpaired) electrons. The van der Waals surface area contributed by atoms with E-state index in [0.29, 0.717) is 18.7 Å². The summed E-state index contributed by atoms with van der Waals surface area (Å²) in [5, 5.41) is 7.42. The molecule has 0 aromatic carbocycles. The number of hydrogen-bond acceptors (Lipinski definition) is 2. The van der Waals surface area contributed by atoms with Crippen LogP contribution >= 0.6 is 0 Å². The maximum absolute atomic E-state index is 11.0. The number of rotatable bonds is 5. The molecule has 0 spiro atoms. The third-order valence-electron chi connectivity index (χ3n) is 1.32. The highest BCUT2D eigenvalue weighted by Gasteiger charge is 2.00. The predicted molar refractivity (Wildman–Crippen MR) is 54.6 cm³/mol. The zero-order valence-corrected chi connectivity index (χ0v) is 8.22. The SMILES string of the molecule is C=CNC(=O)NCCNC(=O)C(=C)C. The van der Waals surface area contributed by atoms with E-state index < -0.39 is 0 Å². The van der Waals surface area contributed by atoms with Gasteiger partial charge in [0.05, 0.1) is 0 Å². The van der Waals surface area contributed by atoms with Crippen molar-refractivity contribution in [2.45, 2.75) is 6.92 Å². The van der Waals surface area contributed by atoms with Gasteiger partial charge < -0.3 is 16.0 Å². The van der Waals surface area contributed by atoms with Crippen molar-refractivity contribution in [1.29, 1.82) is 0 Å². The Balaban J connectivity index is 3.47. The number of amides is 3. The number of urea groups is 1. The van der Waals surface area contributed by atoms with Gasteiger partial charge in [0.25, 0.3) is 0 Å². The van der Waals surface area contributed by atoms with Crippen LogP contribution in [0, 0.1) is 0 Å². The van der Waals surface area contributed by atoms with Crippen LogP contribution in [0.25, 0.3) is 0 Å². The molecule has 0 saturated carbocycles. The number of hydrogen-bond donors (Lipinski definition) is 3. The van der Waals surface area contributed by atoms with E-state index in [0.717, 1.165) is 0 Å². The van der Waals surface area contributed by atoms with Gasteiger partial charge in [0, 0.05) is 18.7 Å². The van der Waals surface area contributed by atoms with Gasteiger partial charge in [0.1, 0.15) is 0 Å². The minimum absolute atomic E-state index is 0.212. The van der Waals surface area contributed by atoms with Crippen molar-refractivity contribution in [2.24, 2.45) is 0 Å². The quantitative estimate of drug-likeness (QED) is 0.433. The first kappa shape index (κ1) is 12.2. The van der Waals surface area contributed by atoms with Gasteiger partial charge in [-0.2, -0.15) is 0 Å². The Bertz CT molecular complexity index is 248. The molecule has 5 nitrogen and oxygen atoms in total. The van der Waals surface area contributed by atoms with Gasteiger partial charge in [-0.05, 0) is 13.1 Å². The van der Waals surface area contributed by atoms with Gasteiger partial charge >= 0.3 is 6.03 Å². The molecule has 0 aromatic rings. The lowest BCUT2D eigenvalue weighted by atomic mass is 10.3. The summed E-state index contributed by atoms with van der Waals surface area (Å²) in [6.45, 7) is 9.15. The van der Waals surface area contributed by atoms with E-state index in [4.69, 9.17) is 0 Å². The molecule has 0 aliphatic carbocycles. The van der Waals surface area contributed by atoms with E-state index in [2.05, 4.69) is 29.1 Å². The second-order valence-corrected chi connectivity index (χ2v) is 2.64. The molecule has 78 valence electrons. The number of nitrogens with one attached hydrogen (secondary N) is 3. The summed E-state index contributed by atoms with van der Waals surface area (Å²) in [6.07, 6.45) is 1.28. The van der Waals surface area contributed by atoms with Crippen LogP contribution in [0.4, 0.5) is 4.79 Å². The molecule has 0 saturated heterocycles. The normalized spacial score (nSPS) is 8.64. The molecule has 5 heteroatoms. The zero-order valence-electron chi connectivity index (χ0n) is 8.22. The van der Waals surface area contributed by atoms with Gasteiger partial charge in [0.15, 0.2) is 0 Å². The fraction of sp³-hybridized carbons (Fsp3) is 0.333. The van der Waals surface area contributed by atoms with Crippen molar-refractivity contribution in [3.05, 3.63) is 24.9 Å². The molecule has 0 aliphatic rings. The average Bonchev–Trinajstić information content (AvgIpc) is 2.12. The summed E-state index contributed by atoms with van der Waals surface area (Å²) in [5.41, 5.74) is 0.445. The highest BCUT2D eigenvalue weighted by Crippen LogP contribution is 1.83. The molecule has 0 heterocycles. The summed E-state index contributed by atoms with van der Waals surface area (Å²) in [5.74, 6) is -0.212. The fourth-order valence-corrected chi connectivity index (χ4v) is 0.647. The van der Waals surface area contributed by atoms with E-state index in [-0.39, 0.29) is 11.9 Å². The Morgan fingerprint density at radius 2 is 1.86 bits per heavy atom. The van der Waals surface area contributed by atoms with Gasteiger partial charge in [-0.1, -0.05) is 13.2 Å². The Kier molecular flexibility index (Phi) is 5.85. The van der Waals surface area contributed by atoms with Crippen LogP contribution in [-0.2, 0) is 4.79 Å². The topological polar surface area (TPSA) is 70.2 Å². The minimum atomic E-state index is -0.343. The van der Waals surface area contributed by atoms with E-state index >= 15 is 0 Å². The smallest absolute Gasteiger partial charge is 0.318 e.